The van der Waals surface area contributed by atoms with Gasteiger partial charge in [0.2, 0.25) is 0 Å². The minimum Gasteiger partial charge on any atom is -0.356 e. The molecular formula is C13H20N2. The predicted octanol–water partition coefficient (Wildman–Crippen LogP) is 3.05. The van der Waals surface area contributed by atoms with E-state index in [9.17, 15) is 0 Å². The summed E-state index contributed by atoms with van der Waals surface area (Å²) in [6.45, 7) is 9.09. The van der Waals surface area contributed by atoms with Gasteiger partial charge in [-0.15, -0.1) is 0 Å². The first-order valence-electron chi connectivity index (χ1n) is 5.87. The lowest BCUT2D eigenvalue weighted by Crippen LogP contribution is -2.20. The quantitative estimate of drug-likeness (QED) is 0.736. The molecule has 0 saturated carbocycles. The number of pyridine rings is 1. The van der Waals surface area contributed by atoms with Crippen LogP contribution in [0.2, 0.25) is 0 Å². The molecule has 2 heterocycles. The van der Waals surface area contributed by atoms with Gasteiger partial charge in [0, 0.05) is 19.3 Å². The third kappa shape index (κ3) is 2.31. The molecule has 0 bridgehead atoms. The van der Waals surface area contributed by atoms with Gasteiger partial charge in [0.1, 0.15) is 5.82 Å². The molecule has 0 aromatic carbocycles. The maximum absolute atomic E-state index is 4.46. The number of anilines is 1. The monoisotopic (exact) mass is 204 g/mol. The van der Waals surface area contributed by atoms with Crippen LogP contribution in [0.3, 0.4) is 0 Å². The highest BCUT2D eigenvalue weighted by molar-refractivity contribution is 5.42. The SMILES string of the molecule is CC1CCN(c2cc(C(C)C)ccn2)C1. The molecule has 1 unspecified atom stereocenters. The third-order valence-electron chi connectivity index (χ3n) is 3.18. The molecule has 0 amide bonds. The molecule has 0 aliphatic carbocycles. The molecule has 0 radical (unpaired) electrons. The second-order valence-corrected chi connectivity index (χ2v) is 4.94. The lowest BCUT2D eigenvalue weighted by Gasteiger charge is -2.18. The first-order valence-corrected chi connectivity index (χ1v) is 5.87. The molecule has 2 rings (SSSR count). The Hall–Kier alpha value is -1.05. The fourth-order valence-corrected chi connectivity index (χ4v) is 2.11. The second kappa shape index (κ2) is 4.21. The number of hydrogen-bond acceptors (Lipinski definition) is 2. The van der Waals surface area contributed by atoms with E-state index in [1.54, 1.807) is 0 Å². The highest BCUT2D eigenvalue weighted by Crippen LogP contribution is 2.24. The summed E-state index contributed by atoms with van der Waals surface area (Å²) in [5.41, 5.74) is 1.39. The molecule has 1 aromatic rings. The van der Waals surface area contributed by atoms with Crippen molar-refractivity contribution < 1.29 is 0 Å². The van der Waals surface area contributed by atoms with Crippen LogP contribution in [0.1, 0.15) is 38.7 Å². The van der Waals surface area contributed by atoms with Gasteiger partial charge in [-0.2, -0.15) is 0 Å². The fraction of sp³-hybridized carbons (Fsp3) is 0.615. The molecule has 1 aliphatic rings. The van der Waals surface area contributed by atoms with E-state index in [0.29, 0.717) is 5.92 Å². The highest BCUT2D eigenvalue weighted by Gasteiger charge is 2.19. The molecule has 15 heavy (non-hydrogen) atoms. The van der Waals surface area contributed by atoms with Gasteiger partial charge in [-0.1, -0.05) is 20.8 Å². The summed E-state index contributed by atoms with van der Waals surface area (Å²) in [5.74, 6) is 2.56. The lowest BCUT2D eigenvalue weighted by atomic mass is 10.1. The van der Waals surface area contributed by atoms with Gasteiger partial charge in [-0.3, -0.25) is 0 Å². The summed E-state index contributed by atoms with van der Waals surface area (Å²) < 4.78 is 0. The van der Waals surface area contributed by atoms with E-state index >= 15 is 0 Å². The van der Waals surface area contributed by atoms with Crippen LogP contribution >= 0.6 is 0 Å². The minimum atomic E-state index is 0.590. The first-order chi connectivity index (χ1) is 7.16. The topological polar surface area (TPSA) is 16.1 Å². The van der Waals surface area contributed by atoms with E-state index in [4.69, 9.17) is 0 Å². The van der Waals surface area contributed by atoms with Crippen LogP contribution in [-0.4, -0.2) is 18.1 Å². The maximum Gasteiger partial charge on any atom is 0.128 e. The fourth-order valence-electron chi connectivity index (χ4n) is 2.11. The van der Waals surface area contributed by atoms with Crippen molar-refractivity contribution in [2.45, 2.75) is 33.1 Å². The molecule has 1 atom stereocenters. The number of aromatic nitrogens is 1. The molecule has 0 spiro atoms. The normalized spacial score (nSPS) is 21.3. The first kappa shape index (κ1) is 10.5. The summed E-state index contributed by atoms with van der Waals surface area (Å²) in [7, 11) is 0. The summed E-state index contributed by atoms with van der Waals surface area (Å²) in [4.78, 5) is 6.86. The third-order valence-corrected chi connectivity index (χ3v) is 3.18. The van der Waals surface area contributed by atoms with Crippen molar-refractivity contribution in [2.24, 2.45) is 5.92 Å². The Morgan fingerprint density at radius 2 is 2.27 bits per heavy atom. The Bertz CT molecular complexity index is 333. The average Bonchev–Trinajstić information content (AvgIpc) is 2.65. The van der Waals surface area contributed by atoms with E-state index in [-0.39, 0.29) is 0 Å². The molecule has 1 saturated heterocycles. The van der Waals surface area contributed by atoms with Crippen molar-refractivity contribution in [2.75, 3.05) is 18.0 Å². The smallest absolute Gasteiger partial charge is 0.128 e. The predicted molar refractivity (Wildman–Crippen MR) is 64.3 cm³/mol. The van der Waals surface area contributed by atoms with Gasteiger partial charge >= 0.3 is 0 Å². The molecule has 82 valence electrons. The molecule has 2 heteroatoms. The zero-order valence-corrected chi connectivity index (χ0v) is 9.90. The summed E-state index contributed by atoms with van der Waals surface area (Å²) >= 11 is 0. The van der Waals surface area contributed by atoms with Crippen LogP contribution in [0.25, 0.3) is 0 Å². The minimum absolute atomic E-state index is 0.590. The summed E-state index contributed by atoms with van der Waals surface area (Å²) in [6, 6.07) is 4.36. The van der Waals surface area contributed by atoms with Crippen LogP contribution < -0.4 is 4.90 Å². The van der Waals surface area contributed by atoms with Crippen molar-refractivity contribution in [3.8, 4) is 0 Å². The lowest BCUT2D eigenvalue weighted by molar-refractivity contribution is 0.659. The Morgan fingerprint density at radius 1 is 1.47 bits per heavy atom. The number of hydrogen-bond donors (Lipinski definition) is 0. The molecular weight excluding hydrogens is 184 g/mol. The van der Waals surface area contributed by atoms with Gasteiger partial charge < -0.3 is 4.90 Å². The van der Waals surface area contributed by atoms with Gasteiger partial charge in [0.05, 0.1) is 0 Å². The molecule has 0 N–H and O–H groups in total. The van der Waals surface area contributed by atoms with Crippen LogP contribution in [-0.2, 0) is 0 Å². The standard InChI is InChI=1S/C13H20N2/c1-10(2)12-4-6-14-13(8-12)15-7-5-11(3)9-15/h4,6,8,10-11H,5,7,9H2,1-3H3. The summed E-state index contributed by atoms with van der Waals surface area (Å²) in [5, 5.41) is 0. The second-order valence-electron chi connectivity index (χ2n) is 4.94. The Kier molecular flexibility index (Phi) is 2.94. The largest absolute Gasteiger partial charge is 0.356 e. The summed E-state index contributed by atoms with van der Waals surface area (Å²) in [6.07, 6.45) is 3.24. The van der Waals surface area contributed by atoms with Crippen molar-refractivity contribution in [3.05, 3.63) is 23.9 Å². The van der Waals surface area contributed by atoms with Crippen LogP contribution in [0.15, 0.2) is 18.3 Å². The van der Waals surface area contributed by atoms with E-state index < -0.39 is 0 Å². The Morgan fingerprint density at radius 3 is 2.87 bits per heavy atom. The van der Waals surface area contributed by atoms with Crippen molar-refractivity contribution >= 4 is 5.82 Å². The van der Waals surface area contributed by atoms with Crippen LogP contribution in [0, 0.1) is 5.92 Å². The van der Waals surface area contributed by atoms with Gasteiger partial charge in [0.15, 0.2) is 0 Å². The van der Waals surface area contributed by atoms with Crippen LogP contribution in [0.5, 0.6) is 0 Å². The Balaban J connectivity index is 2.18. The highest BCUT2D eigenvalue weighted by atomic mass is 15.2. The number of nitrogens with zero attached hydrogens (tertiary/aromatic N) is 2. The van der Waals surface area contributed by atoms with Crippen molar-refractivity contribution in [1.82, 2.24) is 4.98 Å². The van der Waals surface area contributed by atoms with E-state index in [2.05, 4.69) is 42.8 Å². The molecule has 1 aliphatic heterocycles. The van der Waals surface area contributed by atoms with Crippen LogP contribution in [0.4, 0.5) is 5.82 Å². The zero-order chi connectivity index (χ0) is 10.8. The number of rotatable bonds is 2. The molecule has 1 aromatic heterocycles. The molecule has 1 fully saturated rings. The maximum atomic E-state index is 4.46. The van der Waals surface area contributed by atoms with E-state index in [1.807, 2.05) is 6.20 Å². The van der Waals surface area contributed by atoms with Gasteiger partial charge in [-0.25, -0.2) is 4.98 Å². The van der Waals surface area contributed by atoms with Crippen molar-refractivity contribution in [1.29, 1.82) is 0 Å². The zero-order valence-electron chi connectivity index (χ0n) is 9.90. The van der Waals surface area contributed by atoms with E-state index in [1.165, 1.54) is 12.0 Å². The van der Waals surface area contributed by atoms with Gasteiger partial charge in [0.25, 0.3) is 0 Å². The van der Waals surface area contributed by atoms with E-state index in [0.717, 1.165) is 24.8 Å². The average molecular weight is 204 g/mol. The van der Waals surface area contributed by atoms with Crippen molar-refractivity contribution in [3.63, 3.8) is 0 Å². The van der Waals surface area contributed by atoms with Gasteiger partial charge in [-0.05, 0) is 36.0 Å². The molecule has 2 nitrogen and oxygen atoms in total. The Labute approximate surface area is 92.3 Å².